The van der Waals surface area contributed by atoms with E-state index >= 15 is 0 Å². The summed E-state index contributed by atoms with van der Waals surface area (Å²) in [5.41, 5.74) is 2.69. The highest BCUT2D eigenvalue weighted by atomic mass is 19.1. The molecule has 7 heteroatoms. The van der Waals surface area contributed by atoms with E-state index in [2.05, 4.69) is 20.6 Å². The van der Waals surface area contributed by atoms with E-state index in [1.54, 1.807) is 18.5 Å². The van der Waals surface area contributed by atoms with Crippen LogP contribution in [0.3, 0.4) is 0 Å². The van der Waals surface area contributed by atoms with Crippen LogP contribution in [0.1, 0.15) is 38.8 Å². The summed E-state index contributed by atoms with van der Waals surface area (Å²) in [6, 6.07) is 3.36. The van der Waals surface area contributed by atoms with Crippen molar-refractivity contribution >= 4 is 33.9 Å². The van der Waals surface area contributed by atoms with E-state index in [0.29, 0.717) is 12.2 Å². The third kappa shape index (κ3) is 4.04. The van der Waals surface area contributed by atoms with Crippen molar-refractivity contribution in [1.82, 2.24) is 15.3 Å². The van der Waals surface area contributed by atoms with Gasteiger partial charge in [-0.2, -0.15) is 0 Å². The number of allylic oxidation sites excluding steroid dienone is 2. The SMILES string of the molecule is CCCC(=O)C1C=C(C)C(c2cc3cnc(NC(=O)C4CC4F)cc3cn2)=CN1. The molecule has 1 amide bonds. The number of halogens is 1. The van der Waals surface area contributed by atoms with Crippen LogP contribution in [-0.4, -0.2) is 33.9 Å². The Morgan fingerprint density at radius 2 is 1.97 bits per heavy atom. The lowest BCUT2D eigenvalue weighted by molar-refractivity contribution is -0.120. The first-order valence-electron chi connectivity index (χ1n) is 9.85. The predicted octanol–water partition coefficient (Wildman–Crippen LogP) is 3.55. The molecule has 29 heavy (non-hydrogen) atoms. The highest BCUT2D eigenvalue weighted by molar-refractivity contribution is 5.96. The van der Waals surface area contributed by atoms with Crippen LogP contribution in [0.25, 0.3) is 16.3 Å². The molecule has 2 aliphatic rings. The molecule has 0 saturated heterocycles. The number of carbonyl (C=O) groups is 2. The number of nitrogens with one attached hydrogen (secondary N) is 2. The molecule has 0 spiro atoms. The van der Waals surface area contributed by atoms with Crippen molar-refractivity contribution in [2.24, 2.45) is 5.92 Å². The highest BCUT2D eigenvalue weighted by Gasteiger charge is 2.43. The number of hydrogen-bond donors (Lipinski definition) is 2. The number of Topliss-reactive ketones (excluding diaryl/α,β-unsaturated/α-hetero) is 1. The van der Waals surface area contributed by atoms with Gasteiger partial charge in [-0.1, -0.05) is 13.0 Å². The Kier molecular flexibility index (Phi) is 5.13. The molecule has 3 atom stereocenters. The summed E-state index contributed by atoms with van der Waals surface area (Å²) in [4.78, 5) is 32.8. The number of dihydropyridines is 1. The van der Waals surface area contributed by atoms with Crippen LogP contribution in [0.4, 0.5) is 10.2 Å². The molecule has 3 heterocycles. The average Bonchev–Trinajstić information content (AvgIpc) is 3.44. The normalized spacial score (nSPS) is 23.1. The summed E-state index contributed by atoms with van der Waals surface area (Å²) in [6.45, 7) is 3.96. The standard InChI is InChI=1S/C22H23FN4O2/c1-3-4-20(28)19-5-12(2)16(11-25-19)18-6-13-10-26-21(7-14(13)9-24-18)27-22(29)15-8-17(15)23/h5-7,9-11,15,17,19,25H,3-4,8H2,1-2H3,(H,26,27,29). The predicted molar refractivity (Wildman–Crippen MR) is 110 cm³/mol. The summed E-state index contributed by atoms with van der Waals surface area (Å²) < 4.78 is 13.0. The van der Waals surface area contributed by atoms with Crippen LogP contribution in [0.5, 0.6) is 0 Å². The molecule has 1 aliphatic carbocycles. The molecule has 1 aliphatic heterocycles. The average molecular weight is 394 g/mol. The molecule has 1 fully saturated rings. The largest absolute Gasteiger partial charge is 0.378 e. The second-order valence-corrected chi connectivity index (χ2v) is 7.60. The van der Waals surface area contributed by atoms with Gasteiger partial charge in [-0.3, -0.25) is 14.6 Å². The van der Waals surface area contributed by atoms with Gasteiger partial charge in [0.05, 0.1) is 11.6 Å². The minimum atomic E-state index is -1.04. The van der Waals surface area contributed by atoms with Crippen LogP contribution >= 0.6 is 0 Å². The summed E-state index contributed by atoms with van der Waals surface area (Å²) in [5.74, 6) is -0.317. The number of ketones is 1. The third-order valence-electron chi connectivity index (χ3n) is 5.27. The summed E-state index contributed by atoms with van der Waals surface area (Å²) in [6.07, 6.45) is 7.79. The van der Waals surface area contributed by atoms with Crippen LogP contribution in [0.15, 0.2) is 42.4 Å². The number of carbonyl (C=O) groups excluding carboxylic acids is 2. The minimum absolute atomic E-state index is 0.178. The van der Waals surface area contributed by atoms with Gasteiger partial charge in [0.15, 0.2) is 5.78 Å². The smallest absolute Gasteiger partial charge is 0.231 e. The Labute approximate surface area is 168 Å². The molecule has 2 aromatic rings. The van der Waals surface area contributed by atoms with Gasteiger partial charge >= 0.3 is 0 Å². The minimum Gasteiger partial charge on any atom is -0.378 e. The first kappa shape index (κ1) is 19.2. The maximum absolute atomic E-state index is 13.0. The van der Waals surface area contributed by atoms with Crippen LogP contribution in [0, 0.1) is 5.92 Å². The number of anilines is 1. The number of hydrogen-bond acceptors (Lipinski definition) is 5. The molecule has 6 nitrogen and oxygen atoms in total. The molecule has 4 rings (SSSR count). The van der Waals surface area contributed by atoms with Gasteiger partial charge in [0.1, 0.15) is 18.0 Å². The maximum Gasteiger partial charge on any atom is 0.231 e. The molecule has 150 valence electrons. The Balaban J connectivity index is 1.52. The topological polar surface area (TPSA) is 84.0 Å². The molecule has 3 unspecified atom stereocenters. The number of nitrogens with zero attached hydrogens (tertiary/aromatic N) is 2. The Bertz CT molecular complexity index is 1050. The fourth-order valence-corrected chi connectivity index (χ4v) is 3.45. The second kappa shape index (κ2) is 7.73. The highest BCUT2D eigenvalue weighted by Crippen LogP contribution is 2.34. The molecule has 2 aromatic heterocycles. The van der Waals surface area contributed by atoms with Crippen molar-refractivity contribution in [2.45, 2.75) is 45.3 Å². The van der Waals surface area contributed by atoms with E-state index in [0.717, 1.165) is 34.0 Å². The Hall–Kier alpha value is -3.09. The first-order chi connectivity index (χ1) is 14.0. The van der Waals surface area contributed by atoms with Crippen molar-refractivity contribution < 1.29 is 14.0 Å². The van der Waals surface area contributed by atoms with Crippen molar-refractivity contribution in [2.75, 3.05) is 5.32 Å². The number of amides is 1. The van der Waals surface area contributed by atoms with Crippen molar-refractivity contribution in [3.63, 3.8) is 0 Å². The van der Waals surface area contributed by atoms with Gasteiger partial charge in [-0.15, -0.1) is 0 Å². The molecule has 0 radical (unpaired) electrons. The summed E-state index contributed by atoms with van der Waals surface area (Å²) in [7, 11) is 0. The second-order valence-electron chi connectivity index (χ2n) is 7.60. The summed E-state index contributed by atoms with van der Waals surface area (Å²) >= 11 is 0. The molecular formula is C22H23FN4O2. The third-order valence-corrected chi connectivity index (χ3v) is 5.27. The van der Waals surface area contributed by atoms with Crippen LogP contribution in [0.2, 0.25) is 0 Å². The van der Waals surface area contributed by atoms with Crippen LogP contribution in [-0.2, 0) is 9.59 Å². The first-order valence-corrected chi connectivity index (χ1v) is 9.85. The lowest BCUT2D eigenvalue weighted by Crippen LogP contribution is -2.34. The van der Waals surface area contributed by atoms with E-state index in [4.69, 9.17) is 0 Å². The van der Waals surface area contributed by atoms with Gasteiger partial charge in [-0.25, -0.2) is 9.37 Å². The molecule has 0 bridgehead atoms. The number of fused-ring (bicyclic) bond motifs is 1. The van der Waals surface area contributed by atoms with E-state index in [-0.39, 0.29) is 24.2 Å². The van der Waals surface area contributed by atoms with Crippen molar-refractivity contribution in [3.8, 4) is 0 Å². The number of alkyl halides is 1. The Morgan fingerprint density at radius 3 is 2.66 bits per heavy atom. The lowest BCUT2D eigenvalue weighted by Gasteiger charge is -2.21. The monoisotopic (exact) mass is 394 g/mol. The van der Waals surface area contributed by atoms with E-state index in [1.807, 2.05) is 32.2 Å². The van der Waals surface area contributed by atoms with Crippen molar-refractivity contribution in [3.05, 3.63) is 48.1 Å². The number of aromatic nitrogens is 2. The van der Waals surface area contributed by atoms with Crippen molar-refractivity contribution in [1.29, 1.82) is 0 Å². The number of rotatable bonds is 6. The fraction of sp³-hybridized carbons (Fsp3) is 0.364. The lowest BCUT2D eigenvalue weighted by atomic mass is 9.96. The van der Waals surface area contributed by atoms with E-state index < -0.39 is 12.1 Å². The zero-order chi connectivity index (χ0) is 20.5. The quantitative estimate of drug-likeness (QED) is 0.783. The molecular weight excluding hydrogens is 371 g/mol. The molecule has 0 aromatic carbocycles. The number of pyridine rings is 2. The van der Waals surface area contributed by atoms with Crippen LogP contribution < -0.4 is 10.6 Å². The van der Waals surface area contributed by atoms with Gasteiger partial charge in [0.25, 0.3) is 0 Å². The Morgan fingerprint density at radius 1 is 1.24 bits per heavy atom. The molecule has 1 saturated carbocycles. The summed E-state index contributed by atoms with van der Waals surface area (Å²) in [5, 5.41) is 7.52. The van der Waals surface area contributed by atoms with E-state index in [9.17, 15) is 14.0 Å². The van der Waals surface area contributed by atoms with E-state index in [1.165, 1.54) is 0 Å². The fourth-order valence-electron chi connectivity index (χ4n) is 3.45. The zero-order valence-electron chi connectivity index (χ0n) is 16.4. The van der Waals surface area contributed by atoms with Gasteiger partial charge < -0.3 is 10.6 Å². The molecule has 2 N–H and O–H groups in total. The zero-order valence-corrected chi connectivity index (χ0v) is 16.4. The maximum atomic E-state index is 13.0. The van der Waals surface area contributed by atoms with Gasteiger partial charge in [-0.05, 0) is 37.5 Å². The van der Waals surface area contributed by atoms with Gasteiger partial charge in [0, 0.05) is 41.4 Å². The van der Waals surface area contributed by atoms with Gasteiger partial charge in [0.2, 0.25) is 5.91 Å².